The summed E-state index contributed by atoms with van der Waals surface area (Å²) in [6.45, 7) is 3.66. The number of hydrogen-bond donors (Lipinski definition) is 2. The minimum atomic E-state index is -0.983. The minimum Gasteiger partial charge on any atom is -0.389 e. The maximum atomic E-state index is 14.4. The molecule has 4 rings (SSSR count). The Morgan fingerprint density at radius 2 is 1.69 bits per heavy atom. The van der Waals surface area contributed by atoms with E-state index in [9.17, 15) is 23.5 Å². The molecule has 3 aromatic rings. The molecule has 0 saturated carbocycles. The Labute approximate surface area is 201 Å². The van der Waals surface area contributed by atoms with E-state index >= 15 is 0 Å². The van der Waals surface area contributed by atoms with Crippen molar-refractivity contribution in [3.63, 3.8) is 0 Å². The Bertz CT molecular complexity index is 1270. The number of nitrogens with zero attached hydrogens (tertiary/aromatic N) is 3. The van der Waals surface area contributed by atoms with Gasteiger partial charge in [-0.2, -0.15) is 0 Å². The standard InChI is InChI=1S/C26H26F2N4O3/c1-26(2,35)14-32(3)21(33)12-16-9-7-15(8-10-16)11-19-23-20(13-29-25(23)34)31-24(30-19)22-17(27)5-4-6-18(22)28/h4-10,35H,11-14H2,1-3H3,(H,29,34). The summed E-state index contributed by atoms with van der Waals surface area (Å²) in [7, 11) is 1.64. The van der Waals surface area contributed by atoms with Crippen LogP contribution in [0.25, 0.3) is 11.4 Å². The van der Waals surface area contributed by atoms with Crippen molar-refractivity contribution < 1.29 is 23.5 Å². The van der Waals surface area contributed by atoms with Gasteiger partial charge in [-0.1, -0.05) is 30.3 Å². The van der Waals surface area contributed by atoms with Crippen LogP contribution < -0.4 is 5.32 Å². The van der Waals surface area contributed by atoms with Crippen LogP contribution in [0.3, 0.4) is 0 Å². The summed E-state index contributed by atoms with van der Waals surface area (Å²) < 4.78 is 28.7. The molecular weight excluding hydrogens is 454 g/mol. The van der Waals surface area contributed by atoms with E-state index in [4.69, 9.17) is 0 Å². The third kappa shape index (κ3) is 5.51. The highest BCUT2D eigenvalue weighted by Crippen LogP contribution is 2.27. The van der Waals surface area contributed by atoms with Crippen LogP contribution in [-0.4, -0.2) is 51.0 Å². The van der Waals surface area contributed by atoms with Crippen LogP contribution in [0.1, 0.15) is 46.7 Å². The van der Waals surface area contributed by atoms with Crippen molar-refractivity contribution in [1.29, 1.82) is 0 Å². The van der Waals surface area contributed by atoms with Crippen LogP contribution in [-0.2, 0) is 24.2 Å². The van der Waals surface area contributed by atoms with Crippen LogP contribution in [0, 0.1) is 11.6 Å². The highest BCUT2D eigenvalue weighted by Gasteiger charge is 2.28. The first-order valence-electron chi connectivity index (χ1n) is 11.2. The minimum absolute atomic E-state index is 0.108. The van der Waals surface area contributed by atoms with E-state index in [1.54, 1.807) is 20.9 Å². The van der Waals surface area contributed by atoms with E-state index in [0.29, 0.717) is 17.0 Å². The molecule has 2 aromatic carbocycles. The number of amides is 2. The molecule has 35 heavy (non-hydrogen) atoms. The van der Waals surface area contributed by atoms with Gasteiger partial charge in [0.1, 0.15) is 11.6 Å². The van der Waals surface area contributed by atoms with E-state index in [2.05, 4.69) is 15.3 Å². The summed E-state index contributed by atoms with van der Waals surface area (Å²) in [5, 5.41) is 12.6. The third-order valence-corrected chi connectivity index (χ3v) is 5.69. The van der Waals surface area contributed by atoms with E-state index in [1.807, 2.05) is 24.3 Å². The van der Waals surface area contributed by atoms with Crippen LogP contribution in [0.5, 0.6) is 0 Å². The second-order valence-electron chi connectivity index (χ2n) is 9.33. The fourth-order valence-corrected chi connectivity index (χ4v) is 4.10. The van der Waals surface area contributed by atoms with Gasteiger partial charge in [-0.3, -0.25) is 9.59 Å². The molecule has 0 unspecified atom stereocenters. The largest absolute Gasteiger partial charge is 0.389 e. The van der Waals surface area contributed by atoms with E-state index in [-0.39, 0.29) is 49.1 Å². The number of fused-ring (bicyclic) bond motifs is 1. The van der Waals surface area contributed by atoms with Gasteiger partial charge < -0.3 is 15.3 Å². The summed E-state index contributed by atoms with van der Waals surface area (Å²) in [6, 6.07) is 10.8. The monoisotopic (exact) mass is 480 g/mol. The topological polar surface area (TPSA) is 95.4 Å². The Morgan fingerprint density at radius 3 is 2.31 bits per heavy atom. The number of aromatic nitrogens is 2. The lowest BCUT2D eigenvalue weighted by atomic mass is 10.0. The lowest BCUT2D eigenvalue weighted by Crippen LogP contribution is -2.40. The molecule has 0 spiro atoms. The smallest absolute Gasteiger partial charge is 0.255 e. The molecule has 1 aromatic heterocycles. The predicted octanol–water partition coefficient (Wildman–Crippen LogP) is 3.03. The molecule has 2 heterocycles. The first kappa shape index (κ1) is 24.4. The first-order chi connectivity index (χ1) is 16.5. The zero-order valence-electron chi connectivity index (χ0n) is 19.7. The van der Waals surface area contributed by atoms with Crippen molar-refractivity contribution in [2.45, 2.75) is 38.8 Å². The van der Waals surface area contributed by atoms with Crippen LogP contribution in [0.15, 0.2) is 42.5 Å². The molecule has 2 amide bonds. The van der Waals surface area contributed by atoms with Gasteiger partial charge in [-0.15, -0.1) is 0 Å². The Balaban J connectivity index is 1.58. The maximum Gasteiger partial charge on any atom is 0.255 e. The number of aliphatic hydroxyl groups is 1. The fraction of sp³-hybridized carbons (Fsp3) is 0.308. The van der Waals surface area contributed by atoms with E-state index in [0.717, 1.165) is 23.3 Å². The third-order valence-electron chi connectivity index (χ3n) is 5.69. The van der Waals surface area contributed by atoms with Gasteiger partial charge in [0.25, 0.3) is 5.91 Å². The highest BCUT2D eigenvalue weighted by molar-refractivity contribution is 5.99. The van der Waals surface area contributed by atoms with Crippen molar-refractivity contribution in [2.75, 3.05) is 13.6 Å². The summed E-state index contributed by atoms with van der Waals surface area (Å²) in [4.78, 5) is 35.0. The molecule has 0 radical (unpaired) electrons. The maximum absolute atomic E-state index is 14.4. The number of halogens is 2. The van der Waals surface area contributed by atoms with Gasteiger partial charge in [-0.25, -0.2) is 18.7 Å². The number of carbonyl (C=O) groups excluding carboxylic acids is 2. The van der Waals surface area contributed by atoms with Crippen molar-refractivity contribution >= 4 is 11.8 Å². The molecule has 1 aliphatic heterocycles. The molecule has 2 N–H and O–H groups in total. The second kappa shape index (κ2) is 9.50. The normalized spacial score (nSPS) is 12.9. The van der Waals surface area contributed by atoms with Crippen molar-refractivity contribution in [3.8, 4) is 11.4 Å². The number of nitrogens with one attached hydrogen (secondary N) is 1. The average Bonchev–Trinajstić information content (AvgIpc) is 3.15. The fourth-order valence-electron chi connectivity index (χ4n) is 4.10. The summed E-state index contributed by atoms with van der Waals surface area (Å²) in [5.41, 5.74) is 1.37. The molecule has 0 saturated heterocycles. The van der Waals surface area contributed by atoms with E-state index in [1.165, 1.54) is 11.0 Å². The van der Waals surface area contributed by atoms with E-state index < -0.39 is 17.2 Å². The summed E-state index contributed by atoms with van der Waals surface area (Å²) >= 11 is 0. The lowest BCUT2D eigenvalue weighted by molar-refractivity contribution is -0.131. The van der Waals surface area contributed by atoms with Gasteiger partial charge in [-0.05, 0) is 37.1 Å². The number of rotatable bonds is 7. The molecule has 7 nitrogen and oxygen atoms in total. The molecule has 9 heteroatoms. The summed E-state index contributed by atoms with van der Waals surface area (Å²) in [5.74, 6) is -2.12. The zero-order valence-corrected chi connectivity index (χ0v) is 19.7. The van der Waals surface area contributed by atoms with Gasteiger partial charge in [0.15, 0.2) is 5.82 Å². The quantitative estimate of drug-likeness (QED) is 0.542. The Hall–Kier alpha value is -3.72. The molecule has 0 fully saturated rings. The van der Waals surface area contributed by atoms with Gasteiger partial charge in [0.05, 0.1) is 41.1 Å². The molecule has 1 aliphatic rings. The zero-order chi connectivity index (χ0) is 25.3. The van der Waals surface area contributed by atoms with Gasteiger partial charge in [0.2, 0.25) is 5.91 Å². The molecule has 0 atom stereocenters. The Morgan fingerprint density at radius 1 is 1.06 bits per heavy atom. The predicted molar refractivity (Wildman–Crippen MR) is 125 cm³/mol. The number of benzene rings is 2. The highest BCUT2D eigenvalue weighted by atomic mass is 19.1. The number of carbonyl (C=O) groups is 2. The number of likely N-dealkylation sites (N-methyl/N-ethyl adjacent to an activating group) is 1. The molecule has 182 valence electrons. The summed E-state index contributed by atoms with van der Waals surface area (Å²) in [6.07, 6.45) is 0.420. The van der Waals surface area contributed by atoms with Crippen LogP contribution >= 0.6 is 0 Å². The van der Waals surface area contributed by atoms with Gasteiger partial charge >= 0.3 is 0 Å². The SMILES string of the molecule is CN(CC(C)(C)O)C(=O)Cc1ccc(Cc2nc(-c3c(F)cccc3F)nc3c2C(=O)NC3)cc1. The lowest BCUT2D eigenvalue weighted by Gasteiger charge is -2.25. The van der Waals surface area contributed by atoms with Gasteiger partial charge in [0, 0.05) is 20.0 Å². The number of hydrogen-bond acceptors (Lipinski definition) is 5. The Kier molecular flexibility index (Phi) is 6.62. The van der Waals surface area contributed by atoms with Crippen molar-refractivity contribution in [1.82, 2.24) is 20.2 Å². The second-order valence-corrected chi connectivity index (χ2v) is 9.33. The van der Waals surface area contributed by atoms with Crippen molar-refractivity contribution in [2.24, 2.45) is 0 Å². The average molecular weight is 481 g/mol. The first-order valence-corrected chi connectivity index (χ1v) is 11.2. The van der Waals surface area contributed by atoms with Crippen LogP contribution in [0.2, 0.25) is 0 Å². The van der Waals surface area contributed by atoms with Crippen molar-refractivity contribution in [3.05, 3.63) is 82.2 Å². The molecule has 0 aliphatic carbocycles. The van der Waals surface area contributed by atoms with Crippen LogP contribution in [0.4, 0.5) is 8.78 Å². The molecular formula is C26H26F2N4O3. The molecule has 0 bridgehead atoms.